The third kappa shape index (κ3) is 4.33. The van der Waals surface area contributed by atoms with Crippen LogP contribution in [0.1, 0.15) is 19.8 Å². The number of rotatable bonds is 3. The number of halogens is 2. The molecule has 0 atom stereocenters. The van der Waals surface area contributed by atoms with E-state index < -0.39 is 0 Å². The fourth-order valence-electron chi connectivity index (χ4n) is 3.62. The molecule has 1 aromatic carbocycles. The van der Waals surface area contributed by atoms with Gasteiger partial charge in [0.15, 0.2) is 18.2 Å². The predicted molar refractivity (Wildman–Crippen MR) is 113 cm³/mol. The molecule has 29 heavy (non-hydrogen) atoms. The van der Waals surface area contributed by atoms with E-state index in [0.717, 1.165) is 37.1 Å². The molecule has 0 radical (unpaired) electrons. The van der Waals surface area contributed by atoms with Gasteiger partial charge < -0.3 is 9.64 Å². The molecule has 0 spiro atoms. The van der Waals surface area contributed by atoms with E-state index in [-0.39, 0.29) is 25.0 Å². The normalized spacial score (nSPS) is 17.1. The van der Waals surface area contributed by atoms with Crippen molar-refractivity contribution in [3.8, 4) is 16.9 Å². The van der Waals surface area contributed by atoms with Gasteiger partial charge in [0.1, 0.15) is 6.54 Å². The average Bonchev–Trinajstić information content (AvgIpc) is 2.69. The standard InChI is InChI=1S/C21H21Cl2N3O3/c1-13-2-4-25(5-3-13)19(27)11-26-20(28)12-29-18-8-15(10-24-21(18)26)14-6-16(22)9-17(23)7-14/h6-10,13H,2-5,11-12H2,1H3. The zero-order chi connectivity index (χ0) is 20.5. The first-order chi connectivity index (χ1) is 13.9. The lowest BCUT2D eigenvalue weighted by molar-refractivity contribution is -0.133. The summed E-state index contributed by atoms with van der Waals surface area (Å²) in [5.41, 5.74) is 1.56. The fraction of sp³-hybridized carbons (Fsp3) is 0.381. The van der Waals surface area contributed by atoms with Crippen molar-refractivity contribution in [1.82, 2.24) is 9.88 Å². The van der Waals surface area contributed by atoms with Crippen LogP contribution in [0.4, 0.5) is 5.82 Å². The molecule has 1 saturated heterocycles. The summed E-state index contributed by atoms with van der Waals surface area (Å²) in [6.07, 6.45) is 3.61. The maximum absolute atomic E-state index is 12.7. The quantitative estimate of drug-likeness (QED) is 0.732. The van der Waals surface area contributed by atoms with Gasteiger partial charge in [-0.1, -0.05) is 30.1 Å². The van der Waals surface area contributed by atoms with Crippen molar-refractivity contribution in [3.05, 3.63) is 40.5 Å². The summed E-state index contributed by atoms with van der Waals surface area (Å²) in [6.45, 7) is 3.50. The van der Waals surface area contributed by atoms with Crippen LogP contribution < -0.4 is 9.64 Å². The molecule has 3 heterocycles. The summed E-state index contributed by atoms with van der Waals surface area (Å²) in [4.78, 5) is 32.8. The van der Waals surface area contributed by atoms with Gasteiger partial charge >= 0.3 is 0 Å². The number of hydrogen-bond donors (Lipinski definition) is 0. The molecule has 2 aliphatic heterocycles. The first-order valence-corrected chi connectivity index (χ1v) is 10.3. The molecule has 152 valence electrons. The summed E-state index contributed by atoms with van der Waals surface area (Å²) < 4.78 is 5.59. The Morgan fingerprint density at radius 2 is 1.83 bits per heavy atom. The number of hydrogen-bond acceptors (Lipinski definition) is 4. The first-order valence-electron chi connectivity index (χ1n) is 9.58. The minimum Gasteiger partial charge on any atom is -0.480 e. The molecule has 0 saturated carbocycles. The second-order valence-corrected chi connectivity index (χ2v) is 8.41. The lowest BCUT2D eigenvalue weighted by atomic mass is 9.99. The second kappa shape index (κ2) is 8.20. The van der Waals surface area contributed by atoms with E-state index in [0.29, 0.717) is 27.5 Å². The topological polar surface area (TPSA) is 62.7 Å². The fourth-order valence-corrected chi connectivity index (χ4v) is 4.14. The Labute approximate surface area is 179 Å². The molecule has 2 amide bonds. The minimum atomic E-state index is -0.276. The van der Waals surface area contributed by atoms with Crippen LogP contribution in [0.15, 0.2) is 30.5 Å². The second-order valence-electron chi connectivity index (χ2n) is 7.54. The van der Waals surface area contributed by atoms with Crippen molar-refractivity contribution >= 4 is 40.8 Å². The zero-order valence-corrected chi connectivity index (χ0v) is 17.5. The van der Waals surface area contributed by atoms with Crippen LogP contribution in [0.25, 0.3) is 11.1 Å². The Morgan fingerprint density at radius 3 is 2.52 bits per heavy atom. The highest BCUT2D eigenvalue weighted by molar-refractivity contribution is 6.35. The van der Waals surface area contributed by atoms with Crippen LogP contribution >= 0.6 is 23.2 Å². The van der Waals surface area contributed by atoms with Gasteiger partial charge in [-0.2, -0.15) is 0 Å². The van der Waals surface area contributed by atoms with E-state index >= 15 is 0 Å². The van der Waals surface area contributed by atoms with Crippen molar-refractivity contribution < 1.29 is 14.3 Å². The van der Waals surface area contributed by atoms with Gasteiger partial charge in [-0.3, -0.25) is 14.5 Å². The van der Waals surface area contributed by atoms with E-state index in [1.54, 1.807) is 30.5 Å². The van der Waals surface area contributed by atoms with E-state index in [1.165, 1.54) is 4.90 Å². The van der Waals surface area contributed by atoms with Crippen molar-refractivity contribution in [2.24, 2.45) is 5.92 Å². The molecule has 8 heteroatoms. The maximum Gasteiger partial charge on any atom is 0.266 e. The molecule has 1 fully saturated rings. The van der Waals surface area contributed by atoms with Crippen LogP contribution in [-0.4, -0.2) is 47.9 Å². The molecule has 0 unspecified atom stereocenters. The van der Waals surface area contributed by atoms with Crippen LogP contribution in [0.5, 0.6) is 5.75 Å². The number of piperidine rings is 1. The maximum atomic E-state index is 12.7. The Balaban J connectivity index is 1.57. The van der Waals surface area contributed by atoms with Gasteiger partial charge in [-0.15, -0.1) is 0 Å². The van der Waals surface area contributed by atoms with Crippen molar-refractivity contribution in [2.75, 3.05) is 31.1 Å². The molecule has 4 rings (SSSR count). The summed E-state index contributed by atoms with van der Waals surface area (Å²) in [5, 5.41) is 1.04. The number of likely N-dealkylation sites (tertiary alicyclic amines) is 1. The molecule has 6 nitrogen and oxygen atoms in total. The van der Waals surface area contributed by atoms with Gasteiger partial charge in [0.25, 0.3) is 5.91 Å². The van der Waals surface area contributed by atoms with E-state index in [1.807, 2.05) is 4.90 Å². The Kier molecular flexibility index (Phi) is 5.65. The van der Waals surface area contributed by atoms with Crippen molar-refractivity contribution in [2.45, 2.75) is 19.8 Å². The van der Waals surface area contributed by atoms with E-state index in [2.05, 4.69) is 11.9 Å². The lowest BCUT2D eigenvalue weighted by Crippen LogP contribution is -2.48. The first kappa shape index (κ1) is 20.0. The molecule has 0 bridgehead atoms. The number of nitrogens with zero attached hydrogens (tertiary/aromatic N) is 3. The van der Waals surface area contributed by atoms with Crippen LogP contribution in [-0.2, 0) is 9.59 Å². The number of carbonyl (C=O) groups is 2. The predicted octanol–water partition coefficient (Wildman–Crippen LogP) is 4.04. The molecule has 0 N–H and O–H groups in total. The van der Waals surface area contributed by atoms with Crippen LogP contribution in [0, 0.1) is 5.92 Å². The number of ether oxygens (including phenoxy) is 1. The van der Waals surface area contributed by atoms with E-state index in [4.69, 9.17) is 27.9 Å². The third-order valence-electron chi connectivity index (χ3n) is 5.37. The number of pyridine rings is 1. The molecular formula is C21H21Cl2N3O3. The Hall–Kier alpha value is -2.31. The number of benzene rings is 1. The van der Waals surface area contributed by atoms with Gasteiger partial charge in [0.2, 0.25) is 5.91 Å². The lowest BCUT2D eigenvalue weighted by Gasteiger charge is -2.33. The van der Waals surface area contributed by atoms with Crippen LogP contribution in [0.3, 0.4) is 0 Å². The summed E-state index contributed by atoms with van der Waals surface area (Å²) in [7, 11) is 0. The number of aromatic nitrogens is 1. The van der Waals surface area contributed by atoms with Gasteiger partial charge in [0.05, 0.1) is 0 Å². The zero-order valence-electron chi connectivity index (χ0n) is 16.0. The third-order valence-corrected chi connectivity index (χ3v) is 5.80. The largest absolute Gasteiger partial charge is 0.480 e. The number of carbonyl (C=O) groups excluding carboxylic acids is 2. The molecule has 2 aromatic rings. The van der Waals surface area contributed by atoms with Crippen molar-refractivity contribution in [3.63, 3.8) is 0 Å². The summed E-state index contributed by atoms with van der Waals surface area (Å²) in [6, 6.07) is 7.01. The number of amides is 2. The minimum absolute atomic E-state index is 0.0289. The number of fused-ring (bicyclic) bond motifs is 1. The molecule has 1 aromatic heterocycles. The number of anilines is 1. The molecule has 2 aliphatic rings. The van der Waals surface area contributed by atoms with Gasteiger partial charge in [-0.05, 0) is 48.6 Å². The average molecular weight is 434 g/mol. The van der Waals surface area contributed by atoms with Gasteiger partial charge in [0, 0.05) is 34.9 Å². The molecular weight excluding hydrogens is 413 g/mol. The summed E-state index contributed by atoms with van der Waals surface area (Å²) in [5.74, 6) is 1.10. The van der Waals surface area contributed by atoms with E-state index in [9.17, 15) is 9.59 Å². The Morgan fingerprint density at radius 1 is 1.14 bits per heavy atom. The SMILES string of the molecule is CC1CCN(C(=O)CN2C(=O)COc3cc(-c4cc(Cl)cc(Cl)c4)cnc32)CC1. The monoisotopic (exact) mass is 433 g/mol. The molecule has 0 aliphatic carbocycles. The summed E-state index contributed by atoms with van der Waals surface area (Å²) >= 11 is 12.2. The highest BCUT2D eigenvalue weighted by atomic mass is 35.5. The highest BCUT2D eigenvalue weighted by Crippen LogP contribution is 2.35. The Bertz CT molecular complexity index is 938. The van der Waals surface area contributed by atoms with Gasteiger partial charge in [-0.25, -0.2) is 4.98 Å². The van der Waals surface area contributed by atoms with Crippen LogP contribution in [0.2, 0.25) is 10.0 Å². The van der Waals surface area contributed by atoms with Crippen molar-refractivity contribution in [1.29, 1.82) is 0 Å². The highest BCUT2D eigenvalue weighted by Gasteiger charge is 2.31. The smallest absolute Gasteiger partial charge is 0.266 e.